The van der Waals surface area contributed by atoms with Crippen molar-refractivity contribution in [3.8, 4) is 5.75 Å². The van der Waals surface area contributed by atoms with Gasteiger partial charge in [0.25, 0.3) is 20.0 Å². The summed E-state index contributed by atoms with van der Waals surface area (Å²) in [4.78, 5) is 13.0. The van der Waals surface area contributed by atoms with Gasteiger partial charge in [-0.05, 0) is 91.9 Å². The number of nitrogens with one attached hydrogen (secondary N) is 2. The maximum atomic E-state index is 13.7. The van der Waals surface area contributed by atoms with Gasteiger partial charge in [0.2, 0.25) is 5.91 Å². The molecule has 0 aromatic heterocycles. The fourth-order valence-electron chi connectivity index (χ4n) is 3.75. The summed E-state index contributed by atoms with van der Waals surface area (Å²) in [5, 5.41) is 3.45. The minimum Gasteiger partial charge on any atom is -0.492 e. The normalized spacial score (nSPS) is 11.5. The highest BCUT2D eigenvalue weighted by Crippen LogP contribution is 2.33. The van der Waals surface area contributed by atoms with Crippen molar-refractivity contribution in [3.63, 3.8) is 0 Å². The first-order chi connectivity index (χ1) is 19.5. The Morgan fingerprint density at radius 2 is 1.29 bits per heavy atom. The van der Waals surface area contributed by atoms with E-state index in [4.69, 9.17) is 27.9 Å². The summed E-state index contributed by atoms with van der Waals surface area (Å²) in [7, 11) is -8.13. The molecular formula is C28H25Cl2N3O6S2. The number of hydrogen-bond acceptors (Lipinski definition) is 6. The number of hydrogen-bond donors (Lipinski definition) is 2. The van der Waals surface area contributed by atoms with Crippen molar-refractivity contribution >= 4 is 66.2 Å². The molecule has 0 bridgehead atoms. The van der Waals surface area contributed by atoms with Crippen LogP contribution in [-0.2, 0) is 24.8 Å². The molecule has 0 atom stereocenters. The van der Waals surface area contributed by atoms with Crippen LogP contribution >= 0.6 is 23.2 Å². The Hall–Kier alpha value is -3.77. The molecule has 0 aliphatic heterocycles. The number of ether oxygens (including phenoxy) is 1. The molecule has 0 saturated heterocycles. The molecule has 4 aromatic rings. The van der Waals surface area contributed by atoms with Crippen LogP contribution < -0.4 is 19.1 Å². The van der Waals surface area contributed by atoms with Crippen LogP contribution in [0.15, 0.2) is 107 Å². The van der Waals surface area contributed by atoms with E-state index in [0.29, 0.717) is 15.7 Å². The molecule has 0 aliphatic rings. The van der Waals surface area contributed by atoms with Crippen LogP contribution in [0, 0.1) is 0 Å². The topological polar surface area (TPSA) is 122 Å². The van der Waals surface area contributed by atoms with Crippen molar-refractivity contribution < 1.29 is 26.4 Å². The smallest absolute Gasteiger partial charge is 0.264 e. The average Bonchev–Trinajstić information content (AvgIpc) is 2.94. The fourth-order valence-corrected chi connectivity index (χ4v) is 6.50. The number of rotatable bonds is 11. The number of amides is 1. The number of halogens is 2. The highest BCUT2D eigenvalue weighted by molar-refractivity contribution is 7.93. The van der Waals surface area contributed by atoms with Gasteiger partial charge in [0.15, 0.2) is 0 Å². The summed E-state index contributed by atoms with van der Waals surface area (Å²) in [5.41, 5.74) is 0.776. The van der Waals surface area contributed by atoms with Gasteiger partial charge >= 0.3 is 0 Å². The van der Waals surface area contributed by atoms with Gasteiger partial charge < -0.3 is 10.1 Å². The van der Waals surface area contributed by atoms with Crippen LogP contribution in [0.1, 0.15) is 6.92 Å². The quantitative estimate of drug-likeness (QED) is 0.208. The molecule has 0 unspecified atom stereocenters. The molecule has 0 heterocycles. The van der Waals surface area contributed by atoms with Gasteiger partial charge in [-0.15, -0.1) is 0 Å². The average molecular weight is 635 g/mol. The Bertz CT molecular complexity index is 1730. The number of nitrogens with zero attached hydrogens (tertiary/aromatic N) is 1. The van der Waals surface area contributed by atoms with Crippen LogP contribution in [0.3, 0.4) is 0 Å². The molecule has 9 nitrogen and oxygen atoms in total. The Balaban J connectivity index is 1.56. The number of carbonyl (C=O) groups is 1. The van der Waals surface area contributed by atoms with E-state index in [-0.39, 0.29) is 33.5 Å². The van der Waals surface area contributed by atoms with Gasteiger partial charge in [-0.1, -0.05) is 35.3 Å². The van der Waals surface area contributed by atoms with Crippen LogP contribution in [0.2, 0.25) is 10.0 Å². The van der Waals surface area contributed by atoms with Gasteiger partial charge in [-0.2, -0.15) is 0 Å². The lowest BCUT2D eigenvalue weighted by Crippen LogP contribution is -2.38. The van der Waals surface area contributed by atoms with E-state index in [1.807, 2.05) is 0 Å². The zero-order chi connectivity index (χ0) is 29.6. The molecule has 0 fully saturated rings. The van der Waals surface area contributed by atoms with Crippen LogP contribution in [0.25, 0.3) is 0 Å². The minimum absolute atomic E-state index is 0.0389. The van der Waals surface area contributed by atoms with E-state index in [2.05, 4.69) is 10.0 Å². The predicted octanol–water partition coefficient (Wildman–Crippen LogP) is 6.03. The van der Waals surface area contributed by atoms with Gasteiger partial charge in [0, 0.05) is 21.4 Å². The second kappa shape index (κ2) is 12.8. The van der Waals surface area contributed by atoms with E-state index >= 15 is 0 Å². The second-order valence-electron chi connectivity index (χ2n) is 8.55. The number of sulfonamides is 2. The summed E-state index contributed by atoms with van der Waals surface area (Å²) in [6.07, 6.45) is 0. The van der Waals surface area contributed by atoms with Crippen molar-refractivity contribution in [1.82, 2.24) is 0 Å². The Morgan fingerprint density at radius 1 is 0.756 bits per heavy atom. The number of para-hydroxylation sites is 2. The zero-order valence-electron chi connectivity index (χ0n) is 21.6. The van der Waals surface area contributed by atoms with Crippen LogP contribution in [0.4, 0.5) is 17.1 Å². The molecule has 0 spiro atoms. The lowest BCUT2D eigenvalue weighted by molar-refractivity contribution is -0.114. The van der Waals surface area contributed by atoms with Crippen molar-refractivity contribution in [1.29, 1.82) is 0 Å². The number of benzene rings is 4. The standard InChI is InChI=1S/C28H25Cl2N3O6S2/c1-2-39-27-6-4-3-5-26(27)33(41(37,38)25-15-9-21(30)10-16-25)19-28(34)31-22-13-17-24(18-14-22)40(35,36)32-23-11-7-20(29)8-12-23/h3-18,32H,2,19H2,1H3,(H,31,34). The summed E-state index contributed by atoms with van der Waals surface area (Å²) in [6, 6.07) is 23.7. The summed E-state index contributed by atoms with van der Waals surface area (Å²) in [6.45, 7) is 1.45. The SMILES string of the molecule is CCOc1ccccc1N(CC(=O)Nc1ccc(S(=O)(=O)Nc2ccc(Cl)cc2)cc1)S(=O)(=O)c1ccc(Cl)cc1. The first-order valence-electron chi connectivity index (χ1n) is 12.2. The lowest BCUT2D eigenvalue weighted by atomic mass is 10.3. The van der Waals surface area contributed by atoms with E-state index < -0.39 is 32.5 Å². The molecular weight excluding hydrogens is 609 g/mol. The molecule has 4 aromatic carbocycles. The Labute approximate surface area is 248 Å². The third kappa shape index (κ3) is 7.50. The highest BCUT2D eigenvalue weighted by Gasteiger charge is 2.29. The Morgan fingerprint density at radius 3 is 1.90 bits per heavy atom. The summed E-state index contributed by atoms with van der Waals surface area (Å²) in [5.74, 6) is -0.383. The lowest BCUT2D eigenvalue weighted by Gasteiger charge is -2.26. The van der Waals surface area contributed by atoms with Crippen LogP contribution in [0.5, 0.6) is 5.75 Å². The third-order valence-corrected chi connectivity index (χ3v) is 9.34. The number of anilines is 3. The number of carbonyl (C=O) groups excluding carboxylic acids is 1. The predicted molar refractivity (Wildman–Crippen MR) is 161 cm³/mol. The maximum Gasteiger partial charge on any atom is 0.264 e. The molecule has 0 aliphatic carbocycles. The first-order valence-corrected chi connectivity index (χ1v) is 15.9. The van der Waals surface area contributed by atoms with Gasteiger partial charge in [0.1, 0.15) is 12.3 Å². The van der Waals surface area contributed by atoms with Crippen LogP contribution in [-0.4, -0.2) is 35.9 Å². The molecule has 2 N–H and O–H groups in total. The monoisotopic (exact) mass is 633 g/mol. The summed E-state index contributed by atoms with van der Waals surface area (Å²) >= 11 is 11.8. The van der Waals surface area contributed by atoms with Gasteiger partial charge in [0.05, 0.1) is 22.1 Å². The third-order valence-electron chi connectivity index (χ3n) is 5.67. The molecule has 0 radical (unpaired) electrons. The Kier molecular flexibility index (Phi) is 9.44. The molecule has 0 saturated carbocycles. The second-order valence-corrected chi connectivity index (χ2v) is 13.0. The van der Waals surface area contributed by atoms with E-state index in [0.717, 1.165) is 4.31 Å². The maximum absolute atomic E-state index is 13.7. The molecule has 1 amide bonds. The van der Waals surface area contributed by atoms with E-state index in [1.54, 1.807) is 43.3 Å². The summed E-state index contributed by atoms with van der Waals surface area (Å²) < 4.78 is 61.9. The highest BCUT2D eigenvalue weighted by atomic mass is 35.5. The molecule has 41 heavy (non-hydrogen) atoms. The molecule has 4 rings (SSSR count). The van der Waals surface area contributed by atoms with Gasteiger partial charge in [-0.3, -0.25) is 13.8 Å². The molecule has 214 valence electrons. The minimum atomic E-state index is -4.22. The van der Waals surface area contributed by atoms with E-state index in [9.17, 15) is 21.6 Å². The van der Waals surface area contributed by atoms with Crippen molar-refractivity contribution in [2.45, 2.75) is 16.7 Å². The van der Waals surface area contributed by atoms with E-state index in [1.165, 1.54) is 60.7 Å². The van der Waals surface area contributed by atoms with Crippen molar-refractivity contribution in [2.24, 2.45) is 0 Å². The first kappa shape index (κ1) is 30.2. The fraction of sp³-hybridized carbons (Fsp3) is 0.107. The van der Waals surface area contributed by atoms with Crippen molar-refractivity contribution in [2.75, 3.05) is 27.5 Å². The zero-order valence-corrected chi connectivity index (χ0v) is 24.8. The van der Waals surface area contributed by atoms with Crippen molar-refractivity contribution in [3.05, 3.63) is 107 Å². The van der Waals surface area contributed by atoms with Gasteiger partial charge in [-0.25, -0.2) is 16.8 Å². The molecule has 13 heteroatoms. The largest absolute Gasteiger partial charge is 0.492 e.